The molecule has 0 saturated carbocycles. The zero-order chi connectivity index (χ0) is 26.5. The minimum Gasteiger partial charge on any atom is -0.242 e. The number of aromatic nitrogens is 2. The predicted octanol–water partition coefficient (Wildman–Crippen LogP) is 12.5. The van der Waals surface area contributed by atoms with Gasteiger partial charge in [0, 0.05) is 29.5 Å². The first kappa shape index (κ1) is 28.4. The number of hydrogen-bond donors (Lipinski definition) is 0. The van der Waals surface area contributed by atoms with Crippen molar-refractivity contribution in [3.63, 3.8) is 0 Å². The van der Waals surface area contributed by atoms with Gasteiger partial charge in [-0.15, -0.1) is 22.7 Å². The van der Waals surface area contributed by atoms with E-state index in [0.29, 0.717) is 0 Å². The summed E-state index contributed by atoms with van der Waals surface area (Å²) in [7, 11) is 0. The number of benzene rings is 2. The second-order valence-electron chi connectivity index (χ2n) is 10.6. The van der Waals surface area contributed by atoms with E-state index in [1.54, 1.807) is 0 Å². The van der Waals surface area contributed by atoms with E-state index in [0.717, 1.165) is 31.0 Å². The standard InChI is InChI=1S/C32H38Br2N2S2/c1-3-5-7-9-11-13-15-21-19-23-24-20-22(16-14-12-10-8-6-4-2)38-32(24)30-29(31(23)37-21)35-27-25(33)17-18-26(34)28(27)36-30/h17-20H,3-16H2,1-2H3. The Morgan fingerprint density at radius 3 is 1.37 bits per heavy atom. The van der Waals surface area contributed by atoms with Crippen LogP contribution in [0, 0.1) is 0 Å². The van der Waals surface area contributed by atoms with Gasteiger partial charge in [0.15, 0.2) is 0 Å². The van der Waals surface area contributed by atoms with Crippen molar-refractivity contribution in [2.45, 2.75) is 104 Å². The second kappa shape index (κ2) is 13.5. The normalized spacial score (nSPS) is 12.1. The van der Waals surface area contributed by atoms with Crippen LogP contribution in [-0.2, 0) is 12.8 Å². The summed E-state index contributed by atoms with van der Waals surface area (Å²) >= 11 is 11.4. The van der Waals surface area contributed by atoms with Crippen LogP contribution in [0.15, 0.2) is 33.2 Å². The molecule has 0 bridgehead atoms. The van der Waals surface area contributed by atoms with Crippen molar-refractivity contribution in [2.75, 3.05) is 0 Å². The van der Waals surface area contributed by atoms with Crippen molar-refractivity contribution in [3.05, 3.63) is 43.0 Å². The van der Waals surface area contributed by atoms with Crippen LogP contribution in [0.1, 0.15) is 101 Å². The molecule has 38 heavy (non-hydrogen) atoms. The van der Waals surface area contributed by atoms with Crippen LogP contribution in [0.2, 0.25) is 0 Å². The van der Waals surface area contributed by atoms with Gasteiger partial charge in [-0.3, -0.25) is 0 Å². The number of hydrogen-bond acceptors (Lipinski definition) is 4. The maximum absolute atomic E-state index is 5.25. The summed E-state index contributed by atoms with van der Waals surface area (Å²) in [5, 5.41) is 2.76. The van der Waals surface area contributed by atoms with Gasteiger partial charge in [-0.05, 0) is 81.8 Å². The number of unbranched alkanes of at least 4 members (excludes halogenated alkanes) is 10. The molecule has 0 atom stereocenters. The first-order valence-electron chi connectivity index (χ1n) is 14.5. The third-order valence-corrected chi connectivity index (χ3v) is 11.2. The molecule has 3 heterocycles. The lowest BCUT2D eigenvalue weighted by Crippen LogP contribution is -1.90. The Bertz CT molecular complexity index is 1420. The summed E-state index contributed by atoms with van der Waals surface area (Å²) in [6.45, 7) is 4.57. The summed E-state index contributed by atoms with van der Waals surface area (Å²) in [5.41, 5.74) is 3.99. The van der Waals surface area contributed by atoms with Gasteiger partial charge in [-0.1, -0.05) is 78.1 Å². The fourth-order valence-corrected chi connectivity index (χ4v) is 8.65. The van der Waals surface area contributed by atoms with Crippen LogP contribution in [0.4, 0.5) is 0 Å². The lowest BCUT2D eigenvalue weighted by molar-refractivity contribution is 0.609. The molecule has 0 N–H and O–H groups in total. The molecule has 0 unspecified atom stereocenters. The second-order valence-corrected chi connectivity index (χ2v) is 14.6. The van der Waals surface area contributed by atoms with Gasteiger partial charge in [0.25, 0.3) is 0 Å². The molecule has 2 nitrogen and oxygen atoms in total. The zero-order valence-corrected chi connectivity index (χ0v) is 27.5. The zero-order valence-electron chi connectivity index (χ0n) is 22.7. The van der Waals surface area contributed by atoms with Gasteiger partial charge in [0.1, 0.15) is 22.1 Å². The van der Waals surface area contributed by atoms with E-state index < -0.39 is 0 Å². The number of nitrogens with zero attached hydrogens (tertiary/aromatic N) is 2. The molecule has 3 aromatic heterocycles. The Morgan fingerprint density at radius 2 is 0.947 bits per heavy atom. The average Bonchev–Trinajstić information content (AvgIpc) is 3.54. The molecule has 6 heteroatoms. The first-order valence-corrected chi connectivity index (χ1v) is 17.7. The fourth-order valence-electron chi connectivity index (χ4n) is 5.43. The molecule has 0 aliphatic heterocycles. The Labute approximate surface area is 251 Å². The number of halogens is 2. The van der Waals surface area contributed by atoms with Gasteiger partial charge in [0.2, 0.25) is 0 Å². The molecule has 202 valence electrons. The first-order chi connectivity index (χ1) is 18.6. The molecule has 5 aromatic rings. The molecule has 0 saturated heterocycles. The highest BCUT2D eigenvalue weighted by molar-refractivity contribution is 9.11. The molecule has 0 amide bonds. The molecular weight excluding hydrogens is 636 g/mol. The van der Waals surface area contributed by atoms with Crippen LogP contribution < -0.4 is 0 Å². The Kier molecular flexibility index (Phi) is 10.1. The minimum absolute atomic E-state index is 0.933. The summed E-state index contributed by atoms with van der Waals surface area (Å²) < 4.78 is 4.60. The number of fused-ring (bicyclic) bond motifs is 7. The van der Waals surface area contributed by atoms with E-state index >= 15 is 0 Å². The molecule has 0 spiro atoms. The third-order valence-electron chi connectivity index (χ3n) is 7.56. The molecule has 5 rings (SSSR count). The molecule has 0 radical (unpaired) electrons. The van der Waals surface area contributed by atoms with Crippen molar-refractivity contribution in [3.8, 4) is 0 Å². The van der Waals surface area contributed by atoms with E-state index in [4.69, 9.17) is 9.97 Å². The highest BCUT2D eigenvalue weighted by atomic mass is 79.9. The summed E-state index contributed by atoms with van der Waals surface area (Å²) in [6.07, 6.45) is 18.4. The van der Waals surface area contributed by atoms with Crippen LogP contribution in [-0.4, -0.2) is 9.97 Å². The fraction of sp³-hybridized carbons (Fsp3) is 0.500. The van der Waals surface area contributed by atoms with E-state index in [1.165, 1.54) is 120 Å². The van der Waals surface area contributed by atoms with Crippen molar-refractivity contribution in [2.24, 2.45) is 0 Å². The van der Waals surface area contributed by atoms with Gasteiger partial charge in [-0.2, -0.15) is 0 Å². The van der Waals surface area contributed by atoms with Crippen molar-refractivity contribution in [1.82, 2.24) is 9.97 Å². The maximum Gasteiger partial charge on any atom is 0.109 e. The van der Waals surface area contributed by atoms with E-state index in [1.807, 2.05) is 22.7 Å². The van der Waals surface area contributed by atoms with E-state index in [9.17, 15) is 0 Å². The Hall–Kier alpha value is -1.08. The Balaban J connectivity index is 1.53. The number of thiophene rings is 2. The smallest absolute Gasteiger partial charge is 0.109 e. The average molecular weight is 675 g/mol. The minimum atomic E-state index is 0.933. The van der Waals surface area contributed by atoms with Crippen molar-refractivity contribution in [1.29, 1.82) is 0 Å². The predicted molar refractivity (Wildman–Crippen MR) is 177 cm³/mol. The summed E-state index contributed by atoms with van der Waals surface area (Å²) in [5.74, 6) is 0. The number of aryl methyl sites for hydroxylation is 2. The van der Waals surface area contributed by atoms with Gasteiger partial charge < -0.3 is 0 Å². The molecule has 0 aliphatic rings. The lowest BCUT2D eigenvalue weighted by Gasteiger charge is -2.07. The van der Waals surface area contributed by atoms with Crippen LogP contribution in [0.25, 0.3) is 42.2 Å². The van der Waals surface area contributed by atoms with E-state index in [2.05, 4.69) is 70.0 Å². The van der Waals surface area contributed by atoms with Crippen molar-refractivity contribution < 1.29 is 0 Å². The highest BCUT2D eigenvalue weighted by Gasteiger charge is 2.19. The molecule has 2 aromatic carbocycles. The molecule has 0 aliphatic carbocycles. The molecular formula is C32H38Br2N2S2. The van der Waals surface area contributed by atoms with E-state index in [-0.39, 0.29) is 0 Å². The van der Waals surface area contributed by atoms with Gasteiger partial charge >= 0.3 is 0 Å². The van der Waals surface area contributed by atoms with Crippen molar-refractivity contribution >= 4 is 96.8 Å². The summed E-state index contributed by atoms with van der Waals surface area (Å²) in [6, 6.07) is 9.06. The largest absolute Gasteiger partial charge is 0.242 e. The maximum atomic E-state index is 5.25. The van der Waals surface area contributed by atoms with Crippen LogP contribution >= 0.6 is 54.5 Å². The summed E-state index contributed by atoms with van der Waals surface area (Å²) in [4.78, 5) is 13.5. The van der Waals surface area contributed by atoms with Crippen LogP contribution in [0.3, 0.4) is 0 Å². The SMILES string of the molecule is CCCCCCCCc1cc2c3cc(CCCCCCCC)sc3c3nc4c(Br)ccc(Br)c4nc3c2s1. The van der Waals surface area contributed by atoms with Crippen LogP contribution in [0.5, 0.6) is 0 Å². The Morgan fingerprint density at radius 1 is 0.553 bits per heavy atom. The molecule has 0 fully saturated rings. The topological polar surface area (TPSA) is 25.8 Å². The highest BCUT2D eigenvalue weighted by Crippen LogP contribution is 2.44. The van der Waals surface area contributed by atoms with Gasteiger partial charge in [-0.25, -0.2) is 9.97 Å². The third kappa shape index (κ3) is 6.29. The monoisotopic (exact) mass is 672 g/mol. The lowest BCUT2D eigenvalue weighted by atomic mass is 10.1. The quantitative estimate of drug-likeness (QED) is 0.0865. The van der Waals surface area contributed by atoms with Gasteiger partial charge in [0.05, 0.1) is 9.40 Å². The number of rotatable bonds is 14.